The van der Waals surface area contributed by atoms with Gasteiger partial charge in [-0.25, -0.2) is 0 Å². The zero-order chi connectivity index (χ0) is 13.2. The number of benzene rings is 1. The van der Waals surface area contributed by atoms with Gasteiger partial charge in [-0.3, -0.25) is 0 Å². The van der Waals surface area contributed by atoms with Gasteiger partial charge in [0.05, 0.1) is 13.2 Å². The predicted octanol–water partition coefficient (Wildman–Crippen LogP) is 2.51. The molecule has 3 rings (SSSR count). The Morgan fingerprint density at radius 2 is 2.21 bits per heavy atom. The first-order valence-corrected chi connectivity index (χ1v) is 7.34. The van der Waals surface area contributed by atoms with Crippen LogP contribution >= 0.6 is 0 Å². The van der Waals surface area contributed by atoms with Crippen LogP contribution in [0.4, 0.5) is 0 Å². The molecule has 1 saturated carbocycles. The zero-order valence-corrected chi connectivity index (χ0v) is 11.5. The van der Waals surface area contributed by atoms with Gasteiger partial charge in [-0.15, -0.1) is 0 Å². The number of aliphatic hydroxyl groups is 1. The maximum Gasteiger partial charge on any atom is 0.124 e. The van der Waals surface area contributed by atoms with Crippen molar-refractivity contribution in [3.8, 4) is 5.75 Å². The van der Waals surface area contributed by atoms with Crippen LogP contribution in [0.15, 0.2) is 24.3 Å². The smallest absolute Gasteiger partial charge is 0.124 e. The van der Waals surface area contributed by atoms with Gasteiger partial charge in [-0.05, 0) is 43.7 Å². The molecular formula is C16H23NO2. The fraction of sp³-hybridized carbons (Fsp3) is 0.625. The minimum Gasteiger partial charge on any atom is -0.496 e. The van der Waals surface area contributed by atoms with Gasteiger partial charge in [0.1, 0.15) is 5.75 Å². The van der Waals surface area contributed by atoms with Gasteiger partial charge < -0.3 is 15.2 Å². The van der Waals surface area contributed by atoms with Crippen molar-refractivity contribution in [2.24, 2.45) is 11.8 Å². The summed E-state index contributed by atoms with van der Waals surface area (Å²) in [4.78, 5) is 0. The monoisotopic (exact) mass is 261 g/mol. The number of aliphatic hydroxyl groups excluding tert-OH is 1. The lowest BCUT2D eigenvalue weighted by atomic mass is 9.89. The third-order valence-corrected chi connectivity index (χ3v) is 4.85. The van der Waals surface area contributed by atoms with E-state index in [1.807, 2.05) is 24.3 Å². The summed E-state index contributed by atoms with van der Waals surface area (Å²) in [5.41, 5.74) is 0.910. The zero-order valence-electron chi connectivity index (χ0n) is 11.5. The highest BCUT2D eigenvalue weighted by Crippen LogP contribution is 2.41. The summed E-state index contributed by atoms with van der Waals surface area (Å²) in [5.74, 6) is 2.40. The van der Waals surface area contributed by atoms with Gasteiger partial charge in [0, 0.05) is 11.6 Å². The largest absolute Gasteiger partial charge is 0.496 e. The number of methoxy groups -OCH3 is 1. The lowest BCUT2D eigenvalue weighted by Crippen LogP contribution is -2.29. The molecule has 0 amide bonds. The molecule has 0 bridgehead atoms. The summed E-state index contributed by atoms with van der Waals surface area (Å²) < 4.78 is 5.34. The summed E-state index contributed by atoms with van der Waals surface area (Å²) in [6, 6.07) is 8.24. The van der Waals surface area contributed by atoms with Gasteiger partial charge in [0.2, 0.25) is 0 Å². The van der Waals surface area contributed by atoms with E-state index in [2.05, 4.69) is 5.32 Å². The lowest BCUT2D eigenvalue weighted by molar-refractivity contribution is 0.141. The summed E-state index contributed by atoms with van der Waals surface area (Å²) in [6.07, 6.45) is 4.40. The van der Waals surface area contributed by atoms with Crippen LogP contribution in [0, 0.1) is 11.8 Å². The highest BCUT2D eigenvalue weighted by molar-refractivity contribution is 5.35. The minimum absolute atomic E-state index is 0.437. The molecule has 0 radical (unpaired) electrons. The number of rotatable bonds is 4. The normalized spacial score (nSPS) is 31.2. The maximum atomic E-state index is 10.5. The van der Waals surface area contributed by atoms with Crippen LogP contribution < -0.4 is 10.1 Å². The fourth-order valence-electron chi connectivity index (χ4n) is 3.87. The van der Waals surface area contributed by atoms with Gasteiger partial charge in [-0.2, -0.15) is 0 Å². The van der Waals surface area contributed by atoms with E-state index in [0.29, 0.717) is 6.04 Å². The number of nitrogens with one attached hydrogen (secondary N) is 1. The second-order valence-corrected chi connectivity index (χ2v) is 5.86. The molecule has 104 valence electrons. The highest BCUT2D eigenvalue weighted by atomic mass is 16.5. The Hall–Kier alpha value is -1.06. The third kappa shape index (κ3) is 2.49. The Morgan fingerprint density at radius 3 is 3.05 bits per heavy atom. The average Bonchev–Trinajstić information content (AvgIpc) is 3.03. The van der Waals surface area contributed by atoms with E-state index in [1.54, 1.807) is 7.11 Å². The molecule has 2 fully saturated rings. The van der Waals surface area contributed by atoms with Crippen LogP contribution in [-0.4, -0.2) is 24.8 Å². The van der Waals surface area contributed by atoms with Crippen molar-refractivity contribution in [1.82, 2.24) is 5.32 Å². The highest BCUT2D eigenvalue weighted by Gasteiger charge is 2.39. The quantitative estimate of drug-likeness (QED) is 0.875. The molecule has 1 aromatic rings. The van der Waals surface area contributed by atoms with Crippen molar-refractivity contribution in [2.75, 3.05) is 13.7 Å². The molecule has 1 heterocycles. The van der Waals surface area contributed by atoms with E-state index >= 15 is 0 Å². The van der Waals surface area contributed by atoms with Crippen LogP contribution in [0.5, 0.6) is 5.75 Å². The Bertz CT molecular complexity index is 435. The second-order valence-electron chi connectivity index (χ2n) is 5.86. The number of ether oxygens (including phenoxy) is 1. The van der Waals surface area contributed by atoms with Gasteiger partial charge >= 0.3 is 0 Å². The molecule has 1 aliphatic carbocycles. The molecule has 19 heavy (non-hydrogen) atoms. The van der Waals surface area contributed by atoms with E-state index in [4.69, 9.17) is 4.74 Å². The summed E-state index contributed by atoms with van der Waals surface area (Å²) in [5, 5.41) is 14.1. The standard InChI is InChI=1S/C16H23NO2/c1-19-16-8-3-2-6-13(16)15(18)9-14-12-7-4-5-11(12)10-17-14/h2-3,6,8,11-12,14-15,17-18H,4-5,7,9-10H2,1H3. The predicted molar refractivity (Wildman–Crippen MR) is 75.2 cm³/mol. The van der Waals surface area contributed by atoms with Crippen LogP contribution in [-0.2, 0) is 0 Å². The molecule has 1 saturated heterocycles. The van der Waals surface area contributed by atoms with E-state index in [9.17, 15) is 5.11 Å². The van der Waals surface area contributed by atoms with Gasteiger partial charge in [0.15, 0.2) is 0 Å². The Labute approximate surface area is 115 Å². The molecule has 4 atom stereocenters. The Kier molecular flexibility index (Phi) is 3.76. The molecule has 0 spiro atoms. The third-order valence-electron chi connectivity index (χ3n) is 4.85. The van der Waals surface area contributed by atoms with Crippen LogP contribution in [0.25, 0.3) is 0 Å². The molecule has 3 nitrogen and oxygen atoms in total. The Morgan fingerprint density at radius 1 is 1.37 bits per heavy atom. The van der Waals surface area contributed by atoms with Crippen molar-refractivity contribution in [3.05, 3.63) is 29.8 Å². The molecule has 1 aromatic carbocycles. The Balaban J connectivity index is 1.69. The molecule has 4 unspecified atom stereocenters. The SMILES string of the molecule is COc1ccccc1C(O)CC1NCC2CCCC21. The first-order chi connectivity index (χ1) is 9.29. The number of fused-ring (bicyclic) bond motifs is 1. The maximum absolute atomic E-state index is 10.5. The van der Waals surface area contributed by atoms with Crippen LogP contribution in [0.1, 0.15) is 37.4 Å². The van der Waals surface area contributed by atoms with Crippen molar-refractivity contribution in [1.29, 1.82) is 0 Å². The summed E-state index contributed by atoms with van der Waals surface area (Å²) in [6.45, 7) is 1.13. The summed E-state index contributed by atoms with van der Waals surface area (Å²) in [7, 11) is 1.66. The summed E-state index contributed by atoms with van der Waals surface area (Å²) >= 11 is 0. The van der Waals surface area contributed by atoms with E-state index in [0.717, 1.165) is 36.1 Å². The van der Waals surface area contributed by atoms with E-state index in [-0.39, 0.29) is 0 Å². The average molecular weight is 261 g/mol. The number of hydrogen-bond donors (Lipinski definition) is 2. The first-order valence-electron chi connectivity index (χ1n) is 7.34. The lowest BCUT2D eigenvalue weighted by Gasteiger charge is -2.22. The molecule has 2 N–H and O–H groups in total. The minimum atomic E-state index is -0.437. The van der Waals surface area contributed by atoms with E-state index in [1.165, 1.54) is 19.3 Å². The molecular weight excluding hydrogens is 238 g/mol. The molecule has 3 heteroatoms. The van der Waals surface area contributed by atoms with Crippen molar-refractivity contribution >= 4 is 0 Å². The topological polar surface area (TPSA) is 41.5 Å². The van der Waals surface area contributed by atoms with Crippen molar-refractivity contribution in [2.45, 2.75) is 37.8 Å². The van der Waals surface area contributed by atoms with Crippen molar-refractivity contribution < 1.29 is 9.84 Å². The molecule has 0 aromatic heterocycles. The van der Waals surface area contributed by atoms with Gasteiger partial charge in [-0.1, -0.05) is 24.6 Å². The second kappa shape index (κ2) is 5.51. The fourth-order valence-corrected chi connectivity index (χ4v) is 3.87. The van der Waals surface area contributed by atoms with E-state index < -0.39 is 6.10 Å². The van der Waals surface area contributed by atoms with Gasteiger partial charge in [0.25, 0.3) is 0 Å². The first kappa shape index (κ1) is 12.9. The van der Waals surface area contributed by atoms with Crippen LogP contribution in [0.2, 0.25) is 0 Å². The molecule has 1 aliphatic heterocycles. The van der Waals surface area contributed by atoms with Crippen LogP contribution in [0.3, 0.4) is 0 Å². The number of hydrogen-bond acceptors (Lipinski definition) is 3. The molecule has 2 aliphatic rings. The number of para-hydroxylation sites is 1. The van der Waals surface area contributed by atoms with Crippen molar-refractivity contribution in [3.63, 3.8) is 0 Å².